The zero-order chi connectivity index (χ0) is 14.3. The second-order valence-corrected chi connectivity index (χ2v) is 4.15. The van der Waals surface area contributed by atoms with Gasteiger partial charge >= 0.3 is 6.18 Å². The van der Waals surface area contributed by atoms with Gasteiger partial charge in [-0.2, -0.15) is 18.2 Å². The molecule has 0 aromatic heterocycles. The van der Waals surface area contributed by atoms with E-state index >= 15 is 0 Å². The van der Waals surface area contributed by atoms with Gasteiger partial charge in [0.05, 0.1) is 12.6 Å². The lowest BCUT2D eigenvalue weighted by molar-refractivity contribution is -0.121. The molecule has 1 N–H and O–H groups in total. The molecule has 0 aliphatic heterocycles. The molecule has 0 heterocycles. The van der Waals surface area contributed by atoms with Crippen LogP contribution in [0.1, 0.15) is 25.3 Å². The Hall–Kier alpha value is -1.51. The van der Waals surface area contributed by atoms with E-state index in [4.69, 9.17) is 0 Å². The molecule has 0 saturated heterocycles. The average Bonchev–Trinajstić information content (AvgIpc) is 2.34. The fourth-order valence-electron chi connectivity index (χ4n) is 1.61. The van der Waals surface area contributed by atoms with Gasteiger partial charge in [0.15, 0.2) is 0 Å². The first kappa shape index (κ1) is 15.5. The summed E-state index contributed by atoms with van der Waals surface area (Å²) in [5, 5.41) is 10.7. The van der Waals surface area contributed by atoms with Crippen LogP contribution in [-0.4, -0.2) is 22.5 Å². The number of nitrogens with zero attached hydrogens (tertiary/aromatic N) is 1. The van der Waals surface area contributed by atoms with Crippen molar-refractivity contribution in [3.05, 3.63) is 35.9 Å². The number of rotatable bonds is 5. The Balaban J connectivity index is 2.72. The van der Waals surface area contributed by atoms with Crippen LogP contribution in [0.4, 0.5) is 13.2 Å². The molecule has 0 aliphatic rings. The van der Waals surface area contributed by atoms with E-state index in [1.807, 2.05) is 13.0 Å². The fraction of sp³-hybridized carbons (Fsp3) is 0.429. The fourth-order valence-corrected chi connectivity index (χ4v) is 1.61. The largest absolute Gasteiger partial charge is 0.457 e. The van der Waals surface area contributed by atoms with E-state index in [2.05, 4.69) is 5.92 Å². The predicted octanol–water partition coefficient (Wildman–Crippen LogP) is 3.61. The summed E-state index contributed by atoms with van der Waals surface area (Å²) in [4.78, 5) is 0. The van der Waals surface area contributed by atoms with Crippen LogP contribution in [0.3, 0.4) is 0 Å². The Bertz CT molecular complexity index is 433. The summed E-state index contributed by atoms with van der Waals surface area (Å²) in [5.74, 6) is 3.30. The summed E-state index contributed by atoms with van der Waals surface area (Å²) >= 11 is 0. The number of hydrogen-bond donors (Lipinski definition) is 1. The molecule has 0 aliphatic carbocycles. The number of hydrogen-bond acceptors (Lipinski definition) is 2. The molecule has 5 heteroatoms. The average molecular weight is 271 g/mol. The van der Waals surface area contributed by atoms with Crippen LogP contribution in [0.2, 0.25) is 0 Å². The molecular weight excluding hydrogens is 255 g/mol. The molecule has 0 amide bonds. The molecule has 0 radical (unpaired) electrons. The quantitative estimate of drug-likeness (QED) is 0.653. The maximum Gasteiger partial charge on any atom is 0.457 e. The molecule has 2 nitrogen and oxygen atoms in total. The minimum atomic E-state index is -4.53. The smallest absolute Gasteiger partial charge is 0.312 e. The highest BCUT2D eigenvalue weighted by Crippen LogP contribution is 2.14. The highest BCUT2D eigenvalue weighted by molar-refractivity contribution is 5.16. The summed E-state index contributed by atoms with van der Waals surface area (Å²) in [6.07, 6.45) is -3.50. The van der Waals surface area contributed by atoms with E-state index in [1.54, 1.807) is 24.3 Å². The maximum atomic E-state index is 12.1. The van der Waals surface area contributed by atoms with Crippen LogP contribution in [0.5, 0.6) is 0 Å². The van der Waals surface area contributed by atoms with Crippen LogP contribution in [0.25, 0.3) is 0 Å². The Morgan fingerprint density at radius 2 is 1.89 bits per heavy atom. The molecular formula is C14H16F3NO. The van der Waals surface area contributed by atoms with Gasteiger partial charge in [-0.05, 0) is 12.0 Å². The maximum absolute atomic E-state index is 12.1. The minimum absolute atomic E-state index is 0.151. The lowest BCUT2D eigenvalue weighted by Gasteiger charge is -2.21. The first-order chi connectivity index (χ1) is 8.92. The first-order valence-electron chi connectivity index (χ1n) is 6.01. The molecule has 1 aromatic rings. The topological polar surface area (TPSA) is 23.5 Å². The Labute approximate surface area is 110 Å². The summed E-state index contributed by atoms with van der Waals surface area (Å²) in [6, 6.07) is 8.22. The van der Waals surface area contributed by atoms with Crippen molar-refractivity contribution >= 4 is 0 Å². The van der Waals surface area contributed by atoms with Gasteiger partial charge in [-0.25, -0.2) is 0 Å². The number of hydroxylamine groups is 2. The highest BCUT2D eigenvalue weighted by atomic mass is 19.4. The Morgan fingerprint density at radius 3 is 2.42 bits per heavy atom. The van der Waals surface area contributed by atoms with Crippen LogP contribution < -0.4 is 0 Å². The van der Waals surface area contributed by atoms with Gasteiger partial charge < -0.3 is 5.21 Å². The summed E-state index contributed by atoms with van der Waals surface area (Å²) in [6.45, 7) is 1.98. The van der Waals surface area contributed by atoms with E-state index in [0.29, 0.717) is 12.8 Å². The van der Waals surface area contributed by atoms with Crippen molar-refractivity contribution in [3.63, 3.8) is 0 Å². The van der Waals surface area contributed by atoms with E-state index in [1.165, 1.54) is 5.92 Å². The molecule has 104 valence electrons. The van der Waals surface area contributed by atoms with Crippen LogP contribution in [-0.2, 0) is 6.54 Å². The Morgan fingerprint density at radius 1 is 1.26 bits per heavy atom. The summed E-state index contributed by atoms with van der Waals surface area (Å²) in [7, 11) is 0. The standard InChI is InChI=1S/C14H16F3NO/c1-2-6-13(9-10-14(15,16)17)18(19)11-12-7-4-3-5-8-12/h3-5,7-8,13,19H,2,6,11H2,1H3. The molecule has 1 rings (SSSR count). The van der Waals surface area contributed by atoms with Gasteiger partial charge in [-0.15, -0.1) is 0 Å². The van der Waals surface area contributed by atoms with Gasteiger partial charge in [0, 0.05) is 5.92 Å². The van der Waals surface area contributed by atoms with E-state index in [9.17, 15) is 18.4 Å². The lowest BCUT2D eigenvalue weighted by atomic mass is 10.1. The third kappa shape index (κ3) is 6.27. The van der Waals surface area contributed by atoms with Crippen LogP contribution >= 0.6 is 0 Å². The number of alkyl halides is 3. The first-order valence-corrected chi connectivity index (χ1v) is 6.01. The molecule has 0 fully saturated rings. The van der Waals surface area contributed by atoms with Crippen molar-refractivity contribution in [3.8, 4) is 11.8 Å². The summed E-state index contributed by atoms with van der Waals surface area (Å²) in [5.41, 5.74) is 0.819. The van der Waals surface area contributed by atoms with Gasteiger partial charge in [0.25, 0.3) is 0 Å². The van der Waals surface area contributed by atoms with Gasteiger partial charge in [-0.1, -0.05) is 49.6 Å². The number of halogens is 3. The highest BCUT2D eigenvalue weighted by Gasteiger charge is 2.24. The van der Waals surface area contributed by atoms with Crippen molar-refractivity contribution < 1.29 is 18.4 Å². The third-order valence-electron chi connectivity index (χ3n) is 2.49. The van der Waals surface area contributed by atoms with Gasteiger partial charge in [0.2, 0.25) is 0 Å². The van der Waals surface area contributed by atoms with E-state index in [0.717, 1.165) is 10.6 Å². The monoisotopic (exact) mass is 271 g/mol. The molecule has 1 aromatic carbocycles. The second-order valence-electron chi connectivity index (χ2n) is 4.15. The normalized spacial score (nSPS) is 12.9. The zero-order valence-corrected chi connectivity index (χ0v) is 10.6. The zero-order valence-electron chi connectivity index (χ0n) is 10.6. The molecule has 0 bridgehead atoms. The Kier molecular flexibility index (Phi) is 5.87. The molecule has 1 unspecified atom stereocenters. The van der Waals surface area contributed by atoms with Gasteiger partial charge in [-0.3, -0.25) is 0 Å². The summed E-state index contributed by atoms with van der Waals surface area (Å²) < 4.78 is 36.2. The van der Waals surface area contributed by atoms with Crippen molar-refractivity contribution in [2.75, 3.05) is 0 Å². The molecule has 0 saturated carbocycles. The third-order valence-corrected chi connectivity index (χ3v) is 2.49. The predicted molar refractivity (Wildman–Crippen MR) is 66.3 cm³/mol. The lowest BCUT2D eigenvalue weighted by Crippen LogP contribution is -2.31. The van der Waals surface area contributed by atoms with Crippen LogP contribution in [0.15, 0.2) is 30.3 Å². The van der Waals surface area contributed by atoms with Crippen molar-refractivity contribution in [2.24, 2.45) is 0 Å². The van der Waals surface area contributed by atoms with Crippen molar-refractivity contribution in [1.29, 1.82) is 0 Å². The molecule has 0 spiro atoms. The minimum Gasteiger partial charge on any atom is -0.312 e. The van der Waals surface area contributed by atoms with E-state index in [-0.39, 0.29) is 6.54 Å². The van der Waals surface area contributed by atoms with E-state index < -0.39 is 12.2 Å². The molecule has 19 heavy (non-hydrogen) atoms. The van der Waals surface area contributed by atoms with Crippen LogP contribution in [0, 0.1) is 11.8 Å². The van der Waals surface area contributed by atoms with Gasteiger partial charge in [0.1, 0.15) is 0 Å². The second kappa shape index (κ2) is 7.17. The van der Waals surface area contributed by atoms with Crippen molar-refractivity contribution in [1.82, 2.24) is 5.06 Å². The van der Waals surface area contributed by atoms with Crippen molar-refractivity contribution in [2.45, 2.75) is 38.5 Å². The number of benzene rings is 1. The SMILES string of the molecule is CCCC(C#CC(F)(F)F)N(O)Cc1ccccc1. The molecule has 1 atom stereocenters.